The maximum atomic E-state index is 12.2. The Hall–Kier alpha value is -2.51. The molecule has 1 saturated heterocycles. The number of hydrogen-bond acceptors (Lipinski definition) is 6. The van der Waals surface area contributed by atoms with E-state index in [1.165, 1.54) is 16.7 Å². The minimum Gasteiger partial charge on any atom is -0.497 e. The third-order valence-electron chi connectivity index (χ3n) is 3.86. The van der Waals surface area contributed by atoms with Crippen LogP contribution in [0.15, 0.2) is 53.4 Å². The molecular weight excluding hydrogens is 382 g/mol. The van der Waals surface area contributed by atoms with Gasteiger partial charge in [-0.1, -0.05) is 42.2 Å². The summed E-state index contributed by atoms with van der Waals surface area (Å²) in [4.78, 5) is 14.2. The molecule has 0 bridgehead atoms. The standard InChI is InChI=1S/C20H19NO4S2/c1-21-19(22)18(27-20(21)26)13-14-5-3-4-6-17(14)25-12-11-24-16-9-7-15(23-2)8-10-16/h3-10,13H,11-12H2,1-2H3/b18-13-. The molecule has 0 unspecified atom stereocenters. The van der Waals surface area contributed by atoms with Gasteiger partial charge in [-0.25, -0.2) is 0 Å². The first kappa shape index (κ1) is 19.3. The summed E-state index contributed by atoms with van der Waals surface area (Å²) in [6.45, 7) is 0.781. The van der Waals surface area contributed by atoms with Gasteiger partial charge in [0.15, 0.2) is 0 Å². The molecular formula is C20H19NO4S2. The van der Waals surface area contributed by atoms with Crippen LogP contribution in [0, 0.1) is 0 Å². The van der Waals surface area contributed by atoms with Crippen LogP contribution in [0.5, 0.6) is 17.2 Å². The van der Waals surface area contributed by atoms with E-state index in [1.807, 2.05) is 54.6 Å². The summed E-state index contributed by atoms with van der Waals surface area (Å²) >= 11 is 6.46. The highest BCUT2D eigenvalue weighted by Crippen LogP contribution is 2.33. The van der Waals surface area contributed by atoms with Gasteiger partial charge in [0.05, 0.1) is 12.0 Å². The molecule has 27 heavy (non-hydrogen) atoms. The number of nitrogens with zero attached hydrogens (tertiary/aromatic N) is 1. The minimum atomic E-state index is -0.0948. The second kappa shape index (κ2) is 8.92. The van der Waals surface area contributed by atoms with Gasteiger partial charge in [-0.3, -0.25) is 9.69 Å². The van der Waals surface area contributed by atoms with Gasteiger partial charge in [0, 0.05) is 12.6 Å². The molecule has 2 aromatic rings. The summed E-state index contributed by atoms with van der Waals surface area (Å²) in [6.07, 6.45) is 1.81. The fourth-order valence-electron chi connectivity index (χ4n) is 2.40. The highest BCUT2D eigenvalue weighted by atomic mass is 32.2. The third-order valence-corrected chi connectivity index (χ3v) is 5.35. The van der Waals surface area contributed by atoms with Crippen molar-refractivity contribution in [2.75, 3.05) is 27.4 Å². The van der Waals surface area contributed by atoms with Gasteiger partial charge < -0.3 is 14.2 Å². The van der Waals surface area contributed by atoms with Gasteiger partial charge in [0.2, 0.25) is 0 Å². The highest BCUT2D eigenvalue weighted by Gasteiger charge is 2.28. The number of para-hydroxylation sites is 1. The van der Waals surface area contributed by atoms with Crippen molar-refractivity contribution >= 4 is 40.3 Å². The summed E-state index contributed by atoms with van der Waals surface area (Å²) in [5.74, 6) is 2.13. The maximum absolute atomic E-state index is 12.2. The molecule has 1 aliphatic heterocycles. The average Bonchev–Trinajstić information content (AvgIpc) is 2.93. The smallest absolute Gasteiger partial charge is 0.265 e. The Balaban J connectivity index is 1.59. The largest absolute Gasteiger partial charge is 0.497 e. The molecule has 0 aromatic heterocycles. The number of benzene rings is 2. The van der Waals surface area contributed by atoms with Crippen molar-refractivity contribution in [2.24, 2.45) is 0 Å². The lowest BCUT2D eigenvalue weighted by molar-refractivity contribution is -0.121. The van der Waals surface area contributed by atoms with Crippen molar-refractivity contribution in [3.8, 4) is 17.2 Å². The SMILES string of the molecule is COc1ccc(OCCOc2ccccc2/C=C2\SC(=S)N(C)C2=O)cc1. The van der Waals surface area contributed by atoms with E-state index in [1.54, 1.807) is 14.2 Å². The van der Waals surface area contributed by atoms with E-state index in [0.29, 0.717) is 28.2 Å². The second-order valence-corrected chi connectivity index (χ2v) is 7.33. The molecule has 1 heterocycles. The van der Waals surface area contributed by atoms with E-state index in [9.17, 15) is 4.79 Å². The van der Waals surface area contributed by atoms with Crippen LogP contribution >= 0.6 is 24.0 Å². The molecule has 5 nitrogen and oxygen atoms in total. The fraction of sp³-hybridized carbons (Fsp3) is 0.200. The van der Waals surface area contributed by atoms with Crippen LogP contribution in [-0.4, -0.2) is 42.5 Å². The van der Waals surface area contributed by atoms with Gasteiger partial charge in [0.1, 0.15) is 34.8 Å². The van der Waals surface area contributed by atoms with Crippen molar-refractivity contribution < 1.29 is 19.0 Å². The lowest BCUT2D eigenvalue weighted by Gasteiger charge is -2.11. The number of thioether (sulfide) groups is 1. The molecule has 2 aromatic carbocycles. The predicted molar refractivity (Wildman–Crippen MR) is 111 cm³/mol. The summed E-state index contributed by atoms with van der Waals surface area (Å²) < 4.78 is 17.2. The van der Waals surface area contributed by atoms with Gasteiger partial charge >= 0.3 is 0 Å². The Bertz CT molecular complexity index is 865. The first-order valence-corrected chi connectivity index (χ1v) is 9.51. The van der Waals surface area contributed by atoms with Gasteiger partial charge in [0.25, 0.3) is 5.91 Å². The molecule has 0 radical (unpaired) electrons. The zero-order valence-corrected chi connectivity index (χ0v) is 16.6. The molecule has 0 spiro atoms. The number of likely N-dealkylation sites (N-methyl/N-ethyl adjacent to an activating group) is 1. The van der Waals surface area contributed by atoms with E-state index in [2.05, 4.69) is 0 Å². The van der Waals surface area contributed by atoms with Crippen LogP contribution in [0.1, 0.15) is 5.56 Å². The number of ether oxygens (including phenoxy) is 3. The Labute approximate surface area is 167 Å². The number of carbonyl (C=O) groups is 1. The summed E-state index contributed by atoms with van der Waals surface area (Å²) in [7, 11) is 3.30. The molecule has 140 valence electrons. The number of rotatable bonds is 7. The van der Waals surface area contributed by atoms with Crippen LogP contribution in [0.25, 0.3) is 6.08 Å². The average molecular weight is 402 g/mol. The van der Waals surface area contributed by atoms with Crippen molar-refractivity contribution in [1.29, 1.82) is 0 Å². The first-order valence-electron chi connectivity index (χ1n) is 8.28. The Morgan fingerprint density at radius 1 is 1.04 bits per heavy atom. The number of methoxy groups -OCH3 is 1. The van der Waals surface area contributed by atoms with E-state index in [-0.39, 0.29) is 5.91 Å². The van der Waals surface area contributed by atoms with E-state index in [4.69, 9.17) is 26.4 Å². The number of hydrogen-bond donors (Lipinski definition) is 0. The lowest BCUT2D eigenvalue weighted by Crippen LogP contribution is -2.22. The molecule has 0 saturated carbocycles. The normalized spacial score (nSPS) is 15.3. The number of thiocarbonyl (C=S) groups is 1. The van der Waals surface area contributed by atoms with Crippen molar-refractivity contribution in [3.63, 3.8) is 0 Å². The monoisotopic (exact) mass is 401 g/mol. The Morgan fingerprint density at radius 3 is 2.37 bits per heavy atom. The van der Waals surface area contributed by atoms with Crippen molar-refractivity contribution in [3.05, 3.63) is 59.0 Å². The molecule has 0 atom stereocenters. The van der Waals surface area contributed by atoms with E-state index in [0.717, 1.165) is 17.1 Å². The zero-order chi connectivity index (χ0) is 19.2. The lowest BCUT2D eigenvalue weighted by atomic mass is 10.2. The zero-order valence-electron chi connectivity index (χ0n) is 15.0. The molecule has 1 fully saturated rings. The van der Waals surface area contributed by atoms with Gasteiger partial charge in [-0.05, 0) is 36.4 Å². The van der Waals surface area contributed by atoms with Gasteiger partial charge in [-0.15, -0.1) is 0 Å². The molecule has 0 aliphatic carbocycles. The molecule has 1 amide bonds. The third kappa shape index (κ3) is 4.81. The molecule has 1 aliphatic rings. The van der Waals surface area contributed by atoms with Crippen molar-refractivity contribution in [1.82, 2.24) is 4.90 Å². The van der Waals surface area contributed by atoms with E-state index >= 15 is 0 Å². The van der Waals surface area contributed by atoms with Crippen LogP contribution < -0.4 is 14.2 Å². The maximum Gasteiger partial charge on any atom is 0.265 e. The molecule has 7 heteroatoms. The fourth-order valence-corrected chi connectivity index (χ4v) is 3.57. The highest BCUT2D eigenvalue weighted by molar-refractivity contribution is 8.26. The Morgan fingerprint density at radius 2 is 1.70 bits per heavy atom. The van der Waals surface area contributed by atoms with Crippen molar-refractivity contribution in [2.45, 2.75) is 0 Å². The quantitative estimate of drug-likeness (QED) is 0.397. The van der Waals surface area contributed by atoms with Crippen LogP contribution in [-0.2, 0) is 4.79 Å². The molecule has 0 N–H and O–H groups in total. The second-order valence-electron chi connectivity index (χ2n) is 5.65. The summed E-state index contributed by atoms with van der Waals surface area (Å²) in [5.41, 5.74) is 0.830. The first-order chi connectivity index (χ1) is 13.1. The van der Waals surface area contributed by atoms with Crippen LogP contribution in [0.4, 0.5) is 0 Å². The van der Waals surface area contributed by atoms with Gasteiger partial charge in [-0.2, -0.15) is 0 Å². The Kier molecular flexibility index (Phi) is 6.36. The summed E-state index contributed by atoms with van der Waals surface area (Å²) in [5, 5.41) is 0. The van der Waals surface area contributed by atoms with Crippen LogP contribution in [0.3, 0.4) is 0 Å². The predicted octanol–water partition coefficient (Wildman–Crippen LogP) is 3.98. The topological polar surface area (TPSA) is 48.0 Å². The van der Waals surface area contributed by atoms with E-state index < -0.39 is 0 Å². The number of carbonyl (C=O) groups excluding carboxylic acids is 1. The minimum absolute atomic E-state index is 0.0948. The van der Waals surface area contributed by atoms with Crippen LogP contribution in [0.2, 0.25) is 0 Å². The number of amides is 1. The summed E-state index contributed by atoms with van der Waals surface area (Å²) in [6, 6.07) is 14.9. The molecule has 3 rings (SSSR count).